The van der Waals surface area contributed by atoms with Gasteiger partial charge in [0.15, 0.2) is 8.32 Å². The van der Waals surface area contributed by atoms with E-state index in [1.54, 1.807) is 0 Å². The summed E-state index contributed by atoms with van der Waals surface area (Å²) in [7, 11) is -3.24. The molecular formula is C18H34N2O2SSi. The first-order valence-electron chi connectivity index (χ1n) is 8.50. The lowest BCUT2D eigenvalue weighted by Gasteiger charge is -2.38. The number of hydrogen-bond donors (Lipinski definition) is 1. The van der Waals surface area contributed by atoms with Gasteiger partial charge >= 0.3 is 0 Å². The molecule has 2 unspecified atom stereocenters. The van der Waals surface area contributed by atoms with Crippen LogP contribution < -0.4 is 5.14 Å². The first-order valence-corrected chi connectivity index (χ1v) is 12.6. The fourth-order valence-electron chi connectivity index (χ4n) is 2.24. The molecule has 0 radical (unpaired) electrons. The molecular weight excluding hydrogens is 336 g/mol. The maximum atomic E-state index is 11.9. The molecule has 0 fully saturated rings. The fourth-order valence-corrected chi connectivity index (χ4v) is 3.66. The van der Waals surface area contributed by atoms with Crippen molar-refractivity contribution in [3.8, 4) is 0 Å². The van der Waals surface area contributed by atoms with Crippen molar-refractivity contribution >= 4 is 19.3 Å². The summed E-state index contributed by atoms with van der Waals surface area (Å²) in [4.78, 5) is 4.68. The average molecular weight is 371 g/mol. The van der Waals surface area contributed by atoms with Gasteiger partial charge in [-0.15, -0.1) is 0 Å². The Labute approximate surface area is 151 Å². The monoisotopic (exact) mass is 370 g/mol. The summed E-state index contributed by atoms with van der Waals surface area (Å²) >= 11 is 0. The topological polar surface area (TPSA) is 65.2 Å². The maximum Gasteiger partial charge on any atom is 0.192 e. The zero-order valence-electron chi connectivity index (χ0n) is 16.5. The van der Waals surface area contributed by atoms with Crippen LogP contribution in [0.1, 0.15) is 58.3 Å². The molecule has 0 aliphatic carbocycles. The van der Waals surface area contributed by atoms with Crippen molar-refractivity contribution in [2.75, 3.05) is 6.61 Å². The number of nitrogens with zero attached hydrogens (tertiary/aromatic N) is 1. The molecule has 1 rings (SSSR count). The van der Waals surface area contributed by atoms with Crippen molar-refractivity contribution in [2.45, 2.75) is 76.8 Å². The van der Waals surface area contributed by atoms with Crippen LogP contribution in [0.3, 0.4) is 0 Å². The zero-order valence-corrected chi connectivity index (χ0v) is 18.3. The van der Waals surface area contributed by atoms with Crippen LogP contribution in [0.2, 0.25) is 18.1 Å². The molecule has 0 amide bonds. The lowest BCUT2D eigenvalue weighted by Crippen LogP contribution is -2.42. The second-order valence-electron chi connectivity index (χ2n) is 8.73. The highest BCUT2D eigenvalue weighted by Crippen LogP contribution is 2.38. The van der Waals surface area contributed by atoms with Gasteiger partial charge in [-0.25, -0.2) is 4.21 Å². The summed E-state index contributed by atoms with van der Waals surface area (Å²) in [5.74, 6) is 0.0847. The van der Waals surface area contributed by atoms with Crippen LogP contribution in [-0.4, -0.2) is 28.9 Å². The smallest absolute Gasteiger partial charge is 0.192 e. The SMILES string of the molecule is Cc1cccc(C(CO[Si](C)(C)C(C)(C)C)CC(C)(C)S(N)=O)n1. The third-order valence-corrected chi connectivity index (χ3v) is 10.8. The number of aromatic nitrogens is 1. The van der Waals surface area contributed by atoms with Crippen molar-refractivity contribution < 1.29 is 8.63 Å². The van der Waals surface area contributed by atoms with E-state index in [1.807, 2.05) is 39.0 Å². The quantitative estimate of drug-likeness (QED) is 0.728. The van der Waals surface area contributed by atoms with Gasteiger partial charge in [-0.3, -0.25) is 10.1 Å². The highest BCUT2D eigenvalue weighted by atomic mass is 32.2. The number of rotatable bonds is 7. The Bertz CT molecular complexity index is 583. The van der Waals surface area contributed by atoms with E-state index in [1.165, 1.54) is 0 Å². The van der Waals surface area contributed by atoms with Gasteiger partial charge in [-0.1, -0.05) is 26.8 Å². The molecule has 24 heavy (non-hydrogen) atoms. The molecule has 0 spiro atoms. The molecule has 0 saturated heterocycles. The van der Waals surface area contributed by atoms with Crippen LogP contribution in [0.5, 0.6) is 0 Å². The Morgan fingerprint density at radius 2 is 1.83 bits per heavy atom. The molecule has 0 aliphatic rings. The highest BCUT2D eigenvalue weighted by molar-refractivity contribution is 7.84. The predicted octanol–water partition coefficient (Wildman–Crippen LogP) is 4.29. The van der Waals surface area contributed by atoms with E-state index in [2.05, 4.69) is 38.8 Å². The Balaban J connectivity index is 3.04. The predicted molar refractivity (Wildman–Crippen MR) is 106 cm³/mol. The van der Waals surface area contributed by atoms with Gasteiger partial charge in [0, 0.05) is 23.9 Å². The van der Waals surface area contributed by atoms with Crippen LogP contribution in [0.4, 0.5) is 0 Å². The van der Waals surface area contributed by atoms with E-state index in [9.17, 15) is 4.21 Å². The van der Waals surface area contributed by atoms with Crippen LogP contribution in [0.25, 0.3) is 0 Å². The first kappa shape index (κ1) is 21.5. The van der Waals surface area contributed by atoms with Crippen molar-refractivity contribution in [3.05, 3.63) is 29.6 Å². The molecule has 0 aromatic carbocycles. The van der Waals surface area contributed by atoms with E-state index in [4.69, 9.17) is 9.56 Å². The number of aryl methyl sites for hydroxylation is 1. The lowest BCUT2D eigenvalue weighted by atomic mass is 9.93. The van der Waals surface area contributed by atoms with E-state index >= 15 is 0 Å². The van der Waals surface area contributed by atoms with Crippen LogP contribution in [-0.2, 0) is 15.4 Å². The Hall–Kier alpha value is -0.563. The maximum absolute atomic E-state index is 11.9. The minimum atomic E-state index is -1.85. The molecule has 2 N–H and O–H groups in total. The van der Waals surface area contributed by atoms with Crippen LogP contribution in [0.15, 0.2) is 18.2 Å². The molecule has 1 heterocycles. The molecule has 2 atom stereocenters. The third-order valence-electron chi connectivity index (χ3n) is 5.06. The molecule has 0 saturated carbocycles. The number of pyridine rings is 1. The third kappa shape index (κ3) is 5.76. The largest absolute Gasteiger partial charge is 0.416 e. The first-order chi connectivity index (χ1) is 10.8. The molecule has 138 valence electrons. The van der Waals surface area contributed by atoms with Crippen molar-refractivity contribution in [1.82, 2.24) is 4.98 Å². The molecule has 1 aromatic rings. The average Bonchev–Trinajstić information content (AvgIpc) is 2.42. The Morgan fingerprint density at radius 1 is 1.25 bits per heavy atom. The summed E-state index contributed by atoms with van der Waals surface area (Å²) in [6.45, 7) is 17.7. The van der Waals surface area contributed by atoms with Crippen LogP contribution in [0, 0.1) is 6.92 Å². The van der Waals surface area contributed by atoms with Crippen LogP contribution >= 0.6 is 0 Å². The van der Waals surface area contributed by atoms with Gasteiger partial charge in [0.2, 0.25) is 0 Å². The second-order valence-corrected chi connectivity index (χ2v) is 15.2. The minimum absolute atomic E-state index is 0.0847. The van der Waals surface area contributed by atoms with Gasteiger partial charge in [-0.05, 0) is 57.5 Å². The minimum Gasteiger partial charge on any atom is -0.416 e. The second kappa shape index (κ2) is 7.77. The Kier molecular flexibility index (Phi) is 6.95. The van der Waals surface area contributed by atoms with E-state index in [0.29, 0.717) is 13.0 Å². The Morgan fingerprint density at radius 3 is 2.29 bits per heavy atom. The van der Waals surface area contributed by atoms with Gasteiger partial charge in [0.25, 0.3) is 0 Å². The van der Waals surface area contributed by atoms with Gasteiger partial charge in [-0.2, -0.15) is 0 Å². The normalized spacial score (nSPS) is 16.0. The van der Waals surface area contributed by atoms with Crippen molar-refractivity contribution in [2.24, 2.45) is 5.14 Å². The standard InChI is InChI=1S/C18H34N2O2SSi/c1-14-10-9-11-16(20-14)15(12-18(5,6)23(19)21)13-22-24(7,8)17(2,3)4/h9-11,15H,12-13,19H2,1-8H3. The number of hydrogen-bond acceptors (Lipinski definition) is 3. The van der Waals surface area contributed by atoms with Gasteiger partial charge in [0.1, 0.15) is 0 Å². The van der Waals surface area contributed by atoms with E-state index in [-0.39, 0.29) is 11.0 Å². The zero-order chi connectivity index (χ0) is 18.8. The highest BCUT2D eigenvalue weighted by Gasteiger charge is 2.38. The van der Waals surface area contributed by atoms with E-state index < -0.39 is 24.1 Å². The van der Waals surface area contributed by atoms with Crippen molar-refractivity contribution in [1.29, 1.82) is 0 Å². The summed E-state index contributed by atoms with van der Waals surface area (Å²) in [6.07, 6.45) is 0.682. The summed E-state index contributed by atoms with van der Waals surface area (Å²) < 4.78 is 17.9. The molecule has 1 aromatic heterocycles. The molecule has 6 heteroatoms. The summed E-state index contributed by atoms with van der Waals surface area (Å²) in [6, 6.07) is 6.03. The molecule has 4 nitrogen and oxygen atoms in total. The summed E-state index contributed by atoms with van der Waals surface area (Å²) in [5, 5.41) is 5.85. The molecule has 0 aliphatic heterocycles. The van der Waals surface area contributed by atoms with Gasteiger partial charge < -0.3 is 4.43 Å². The summed E-state index contributed by atoms with van der Waals surface area (Å²) in [5.41, 5.74) is 1.98. The number of nitrogens with two attached hydrogens (primary N) is 1. The molecule has 0 bridgehead atoms. The lowest BCUT2D eigenvalue weighted by molar-refractivity contribution is 0.248. The van der Waals surface area contributed by atoms with Gasteiger partial charge in [0.05, 0.1) is 15.7 Å². The van der Waals surface area contributed by atoms with E-state index in [0.717, 1.165) is 11.4 Å². The van der Waals surface area contributed by atoms with Crippen molar-refractivity contribution in [3.63, 3.8) is 0 Å². The fraction of sp³-hybridized carbons (Fsp3) is 0.722.